The molecule has 0 bridgehead atoms. The molecule has 2 N–H and O–H groups in total. The van der Waals surface area contributed by atoms with Crippen LogP contribution < -0.4 is 15.4 Å². The Morgan fingerprint density at radius 2 is 2.00 bits per heavy atom. The first-order chi connectivity index (χ1) is 10.9. The Morgan fingerprint density at radius 1 is 1.18 bits per heavy atom. The van der Waals surface area contributed by atoms with E-state index in [9.17, 15) is 0 Å². The molecule has 22 heavy (non-hydrogen) atoms. The van der Waals surface area contributed by atoms with Crippen molar-refractivity contribution in [2.45, 2.75) is 13.0 Å². The second-order valence-electron chi connectivity index (χ2n) is 4.71. The van der Waals surface area contributed by atoms with Gasteiger partial charge in [-0.3, -0.25) is 9.67 Å². The zero-order valence-electron chi connectivity index (χ0n) is 12.9. The Morgan fingerprint density at radius 3 is 2.73 bits per heavy atom. The lowest BCUT2D eigenvalue weighted by molar-refractivity contribution is 0.322. The summed E-state index contributed by atoms with van der Waals surface area (Å²) in [6.07, 6.45) is 4.75. The molecule has 1 aromatic heterocycles. The molecule has 0 aliphatic heterocycles. The van der Waals surface area contributed by atoms with Gasteiger partial charge in [0.2, 0.25) is 0 Å². The number of hydrogen-bond acceptors (Lipinski definition) is 3. The molecule has 0 saturated carbocycles. The smallest absolute Gasteiger partial charge is 0.191 e. The molecule has 6 heteroatoms. The quantitative estimate of drug-likeness (QED) is 0.441. The molecule has 0 saturated heterocycles. The van der Waals surface area contributed by atoms with E-state index in [2.05, 4.69) is 20.7 Å². The highest BCUT2D eigenvalue weighted by Gasteiger charge is 1.98. The van der Waals surface area contributed by atoms with Crippen LogP contribution in [0.4, 0.5) is 0 Å². The van der Waals surface area contributed by atoms with Crippen LogP contribution in [-0.2, 0) is 6.54 Å². The van der Waals surface area contributed by atoms with Gasteiger partial charge in [0.1, 0.15) is 12.4 Å². The van der Waals surface area contributed by atoms with Gasteiger partial charge >= 0.3 is 0 Å². The number of benzene rings is 1. The number of aromatic nitrogens is 2. The summed E-state index contributed by atoms with van der Waals surface area (Å²) in [5.74, 6) is 1.67. The van der Waals surface area contributed by atoms with Gasteiger partial charge in [-0.25, -0.2) is 0 Å². The van der Waals surface area contributed by atoms with Crippen LogP contribution in [0.5, 0.6) is 5.75 Å². The van der Waals surface area contributed by atoms with Gasteiger partial charge in [-0.05, 0) is 24.6 Å². The lowest BCUT2D eigenvalue weighted by Crippen LogP contribution is -2.39. The highest BCUT2D eigenvalue weighted by molar-refractivity contribution is 5.79. The third kappa shape index (κ3) is 5.87. The molecule has 1 aromatic carbocycles. The van der Waals surface area contributed by atoms with Crippen LogP contribution in [0.1, 0.15) is 6.42 Å². The van der Waals surface area contributed by atoms with Crippen LogP contribution >= 0.6 is 0 Å². The van der Waals surface area contributed by atoms with E-state index in [4.69, 9.17) is 4.74 Å². The molecule has 0 radical (unpaired) electrons. The molecule has 2 rings (SSSR count). The van der Waals surface area contributed by atoms with E-state index >= 15 is 0 Å². The number of para-hydroxylation sites is 1. The summed E-state index contributed by atoms with van der Waals surface area (Å²) < 4.78 is 7.54. The fourth-order valence-electron chi connectivity index (χ4n) is 1.96. The average molecular weight is 301 g/mol. The molecule has 0 atom stereocenters. The number of aliphatic imine (C=N–C) groups is 1. The number of ether oxygens (including phenoxy) is 1. The van der Waals surface area contributed by atoms with Crippen molar-refractivity contribution in [2.75, 3.05) is 26.7 Å². The van der Waals surface area contributed by atoms with Crippen molar-refractivity contribution >= 4 is 5.96 Å². The van der Waals surface area contributed by atoms with Crippen LogP contribution in [0.25, 0.3) is 0 Å². The van der Waals surface area contributed by atoms with Gasteiger partial charge in [-0.2, -0.15) is 5.10 Å². The Balaban J connectivity index is 1.55. The summed E-state index contributed by atoms with van der Waals surface area (Å²) in [5.41, 5.74) is 0. The summed E-state index contributed by atoms with van der Waals surface area (Å²) in [4.78, 5) is 4.18. The van der Waals surface area contributed by atoms with Crippen molar-refractivity contribution in [1.29, 1.82) is 0 Å². The highest BCUT2D eigenvalue weighted by atomic mass is 16.5. The molecule has 2 aromatic rings. The molecule has 0 fully saturated rings. The fourth-order valence-corrected chi connectivity index (χ4v) is 1.96. The first-order valence-corrected chi connectivity index (χ1v) is 7.48. The number of nitrogens with zero attached hydrogens (tertiary/aromatic N) is 3. The number of rotatable bonds is 8. The van der Waals surface area contributed by atoms with Crippen molar-refractivity contribution < 1.29 is 4.74 Å². The molecule has 1 heterocycles. The van der Waals surface area contributed by atoms with Crippen LogP contribution in [0.15, 0.2) is 53.8 Å². The number of aryl methyl sites for hydroxylation is 1. The standard InChI is InChI=1S/C16H23N5O/c1-17-16(18-9-5-12-21-13-6-10-20-21)19-11-14-22-15-7-3-2-4-8-15/h2-4,6-8,10,13H,5,9,11-12,14H2,1H3,(H2,17,18,19). The summed E-state index contributed by atoms with van der Waals surface area (Å²) in [6, 6.07) is 11.7. The van der Waals surface area contributed by atoms with Crippen molar-refractivity contribution in [1.82, 2.24) is 20.4 Å². The predicted octanol–water partition coefficient (Wildman–Crippen LogP) is 1.52. The summed E-state index contributed by atoms with van der Waals surface area (Å²) in [5, 5.41) is 10.7. The van der Waals surface area contributed by atoms with Gasteiger partial charge < -0.3 is 15.4 Å². The van der Waals surface area contributed by atoms with Crippen molar-refractivity contribution in [3.05, 3.63) is 48.8 Å². The molecule has 118 valence electrons. The number of guanidine groups is 1. The largest absolute Gasteiger partial charge is 0.492 e. The zero-order chi connectivity index (χ0) is 15.5. The Kier molecular flexibility index (Phi) is 6.81. The Labute approximate surface area is 131 Å². The van der Waals surface area contributed by atoms with Crippen molar-refractivity contribution in [2.24, 2.45) is 4.99 Å². The molecule has 6 nitrogen and oxygen atoms in total. The average Bonchev–Trinajstić information content (AvgIpc) is 3.08. The first kappa shape index (κ1) is 15.9. The topological polar surface area (TPSA) is 63.5 Å². The third-order valence-electron chi connectivity index (χ3n) is 3.05. The molecular formula is C16H23N5O. The fraction of sp³-hybridized carbons (Fsp3) is 0.375. The van der Waals surface area contributed by atoms with Crippen molar-refractivity contribution in [3.63, 3.8) is 0 Å². The summed E-state index contributed by atoms with van der Waals surface area (Å²) >= 11 is 0. The Hall–Kier alpha value is -2.50. The molecule has 0 spiro atoms. The SMILES string of the molecule is CN=C(NCCCn1cccn1)NCCOc1ccccc1. The highest BCUT2D eigenvalue weighted by Crippen LogP contribution is 2.07. The van der Waals surface area contributed by atoms with Crippen LogP contribution in [0, 0.1) is 0 Å². The molecule has 0 unspecified atom stereocenters. The number of nitrogens with one attached hydrogen (secondary N) is 2. The molecule has 0 aliphatic carbocycles. The van der Waals surface area contributed by atoms with E-state index in [1.807, 2.05) is 47.3 Å². The number of hydrogen-bond donors (Lipinski definition) is 2. The van der Waals surface area contributed by atoms with Gasteiger partial charge in [0, 0.05) is 32.5 Å². The van der Waals surface area contributed by atoms with Crippen LogP contribution in [0.2, 0.25) is 0 Å². The van der Waals surface area contributed by atoms with Crippen LogP contribution in [0.3, 0.4) is 0 Å². The van der Waals surface area contributed by atoms with E-state index in [0.29, 0.717) is 13.2 Å². The van der Waals surface area contributed by atoms with Crippen molar-refractivity contribution in [3.8, 4) is 5.75 Å². The van der Waals surface area contributed by atoms with Gasteiger partial charge in [-0.15, -0.1) is 0 Å². The van der Waals surface area contributed by atoms with Gasteiger partial charge in [0.15, 0.2) is 5.96 Å². The summed E-state index contributed by atoms with van der Waals surface area (Å²) in [6.45, 7) is 3.04. The minimum absolute atomic E-state index is 0.595. The maximum atomic E-state index is 5.62. The normalized spacial score (nSPS) is 11.2. The molecule has 0 amide bonds. The second-order valence-corrected chi connectivity index (χ2v) is 4.71. The van der Waals surface area contributed by atoms with Gasteiger partial charge in [0.25, 0.3) is 0 Å². The van der Waals surface area contributed by atoms with Gasteiger partial charge in [0.05, 0.1) is 6.54 Å². The minimum atomic E-state index is 0.595. The zero-order valence-corrected chi connectivity index (χ0v) is 12.9. The van der Waals surface area contributed by atoms with E-state index in [1.54, 1.807) is 13.2 Å². The van der Waals surface area contributed by atoms with E-state index in [1.165, 1.54) is 0 Å². The third-order valence-corrected chi connectivity index (χ3v) is 3.05. The van der Waals surface area contributed by atoms with E-state index in [-0.39, 0.29) is 0 Å². The second kappa shape index (κ2) is 9.44. The lowest BCUT2D eigenvalue weighted by atomic mass is 10.3. The predicted molar refractivity (Wildman–Crippen MR) is 88.1 cm³/mol. The first-order valence-electron chi connectivity index (χ1n) is 7.48. The maximum Gasteiger partial charge on any atom is 0.191 e. The Bertz CT molecular complexity index is 539. The van der Waals surface area contributed by atoms with Gasteiger partial charge in [-0.1, -0.05) is 18.2 Å². The molecular weight excluding hydrogens is 278 g/mol. The minimum Gasteiger partial charge on any atom is -0.492 e. The monoisotopic (exact) mass is 301 g/mol. The summed E-state index contributed by atoms with van der Waals surface area (Å²) in [7, 11) is 1.76. The lowest BCUT2D eigenvalue weighted by Gasteiger charge is -2.12. The van der Waals surface area contributed by atoms with E-state index in [0.717, 1.165) is 31.2 Å². The maximum absolute atomic E-state index is 5.62. The van der Waals surface area contributed by atoms with E-state index < -0.39 is 0 Å². The van der Waals surface area contributed by atoms with Crippen LogP contribution in [-0.4, -0.2) is 42.5 Å². The molecule has 0 aliphatic rings.